The summed E-state index contributed by atoms with van der Waals surface area (Å²) in [6, 6.07) is 0. The van der Waals surface area contributed by atoms with Crippen molar-refractivity contribution in [3.8, 4) is 0 Å². The largest absolute Gasteiger partial charge is 0.469 e. The average Bonchev–Trinajstić information content (AvgIpc) is 2.59. The Hall–Kier alpha value is -0.940. The van der Waals surface area contributed by atoms with Gasteiger partial charge in [-0.3, -0.25) is 4.79 Å². The highest BCUT2D eigenvalue weighted by Gasteiger charge is 2.16. The number of esters is 1. The molecule has 0 spiro atoms. The van der Waals surface area contributed by atoms with E-state index >= 15 is 0 Å². The molecular weight excluding hydrogens is 202 g/mol. The van der Waals surface area contributed by atoms with E-state index in [-0.39, 0.29) is 12.4 Å². The number of fused-ring (bicyclic) bond motifs is 1. The van der Waals surface area contributed by atoms with E-state index < -0.39 is 0 Å². The van der Waals surface area contributed by atoms with Crippen LogP contribution in [0.4, 0.5) is 0 Å². The number of thiazole rings is 1. The summed E-state index contributed by atoms with van der Waals surface area (Å²) < 4.78 is 9.88. The number of ether oxygens (including phenoxy) is 2. The van der Waals surface area contributed by atoms with E-state index in [9.17, 15) is 4.79 Å². The minimum absolute atomic E-state index is 0.239. The Balaban J connectivity index is 2.12. The molecule has 4 nitrogen and oxygen atoms in total. The van der Waals surface area contributed by atoms with Crippen LogP contribution in [0.25, 0.3) is 0 Å². The van der Waals surface area contributed by atoms with Gasteiger partial charge in [0.25, 0.3) is 0 Å². The molecule has 2 heterocycles. The molecule has 0 bridgehead atoms. The Kier molecular flexibility index (Phi) is 2.79. The molecular formula is C9H11NO3S. The highest BCUT2D eigenvalue weighted by atomic mass is 32.1. The third-order valence-electron chi connectivity index (χ3n) is 2.06. The third kappa shape index (κ3) is 1.93. The van der Waals surface area contributed by atoms with Crippen molar-refractivity contribution in [3.63, 3.8) is 0 Å². The summed E-state index contributed by atoms with van der Waals surface area (Å²) in [5.41, 5.74) is 1.08. The maximum Gasteiger partial charge on any atom is 0.312 e. The Bertz CT molecular complexity index is 324. The number of carbonyl (C=O) groups is 1. The summed E-state index contributed by atoms with van der Waals surface area (Å²) in [4.78, 5) is 16.5. The van der Waals surface area contributed by atoms with Crippen LogP contribution in [0.5, 0.6) is 0 Å². The zero-order chi connectivity index (χ0) is 9.97. The van der Waals surface area contributed by atoms with Crippen LogP contribution in [0, 0.1) is 0 Å². The van der Waals surface area contributed by atoms with Crippen molar-refractivity contribution in [2.24, 2.45) is 0 Å². The van der Waals surface area contributed by atoms with Crippen molar-refractivity contribution in [1.29, 1.82) is 0 Å². The van der Waals surface area contributed by atoms with Crippen LogP contribution in [0.3, 0.4) is 0 Å². The normalized spacial score (nSPS) is 14.9. The van der Waals surface area contributed by atoms with Crippen LogP contribution in [-0.4, -0.2) is 24.7 Å². The predicted molar refractivity (Wildman–Crippen MR) is 51.2 cm³/mol. The van der Waals surface area contributed by atoms with Gasteiger partial charge in [-0.2, -0.15) is 0 Å². The fraction of sp³-hybridized carbons (Fsp3) is 0.556. The fourth-order valence-electron chi connectivity index (χ4n) is 1.35. The maximum absolute atomic E-state index is 11.0. The molecule has 1 aromatic heterocycles. The van der Waals surface area contributed by atoms with Crippen LogP contribution in [0.2, 0.25) is 0 Å². The smallest absolute Gasteiger partial charge is 0.312 e. The maximum atomic E-state index is 11.0. The van der Waals surface area contributed by atoms with Crippen LogP contribution in [0.1, 0.15) is 15.6 Å². The summed E-state index contributed by atoms with van der Waals surface area (Å²) >= 11 is 1.54. The van der Waals surface area contributed by atoms with Crippen LogP contribution in [0.15, 0.2) is 0 Å². The second-order valence-corrected chi connectivity index (χ2v) is 4.20. The molecule has 0 saturated carbocycles. The summed E-state index contributed by atoms with van der Waals surface area (Å²) in [5.74, 6) is -0.239. The van der Waals surface area contributed by atoms with E-state index in [2.05, 4.69) is 9.72 Å². The molecule has 0 N–H and O–H groups in total. The molecule has 0 atom stereocenters. The van der Waals surface area contributed by atoms with Gasteiger partial charge in [-0.15, -0.1) is 11.3 Å². The molecule has 14 heavy (non-hydrogen) atoms. The summed E-state index contributed by atoms with van der Waals surface area (Å²) in [5, 5.41) is 0.826. The first kappa shape index (κ1) is 9.61. The second-order valence-electron chi connectivity index (χ2n) is 3.03. The van der Waals surface area contributed by atoms with E-state index in [0.29, 0.717) is 6.61 Å². The van der Waals surface area contributed by atoms with Crippen molar-refractivity contribution in [2.45, 2.75) is 19.4 Å². The Morgan fingerprint density at radius 3 is 3.29 bits per heavy atom. The van der Waals surface area contributed by atoms with Crippen LogP contribution in [-0.2, 0) is 33.7 Å². The van der Waals surface area contributed by atoms with Gasteiger partial charge in [0.05, 0.1) is 37.3 Å². The van der Waals surface area contributed by atoms with Gasteiger partial charge in [-0.05, 0) is 0 Å². The Labute approximate surface area is 85.9 Å². The van der Waals surface area contributed by atoms with E-state index in [1.165, 1.54) is 7.11 Å². The molecule has 1 aromatic rings. The van der Waals surface area contributed by atoms with Gasteiger partial charge >= 0.3 is 5.97 Å². The van der Waals surface area contributed by atoms with Gasteiger partial charge in [-0.1, -0.05) is 0 Å². The highest BCUT2D eigenvalue weighted by Crippen LogP contribution is 2.23. The molecule has 0 saturated heterocycles. The van der Waals surface area contributed by atoms with Crippen molar-refractivity contribution in [3.05, 3.63) is 15.6 Å². The number of nitrogens with zero attached hydrogens (tertiary/aromatic N) is 1. The SMILES string of the molecule is COC(=O)Cc1nc2c(s1)COCC2. The predicted octanol–water partition coefficient (Wildman–Crippen LogP) is 0.931. The molecule has 0 aliphatic carbocycles. The molecule has 0 aromatic carbocycles. The zero-order valence-electron chi connectivity index (χ0n) is 7.91. The van der Waals surface area contributed by atoms with Crippen molar-refractivity contribution >= 4 is 17.3 Å². The standard InChI is InChI=1S/C9H11NO3S/c1-12-9(11)4-8-10-6-2-3-13-5-7(6)14-8/h2-5H2,1H3. The zero-order valence-corrected chi connectivity index (χ0v) is 8.73. The average molecular weight is 213 g/mol. The first-order valence-electron chi connectivity index (χ1n) is 4.41. The number of carbonyl (C=O) groups excluding carboxylic acids is 1. The molecule has 0 unspecified atom stereocenters. The minimum atomic E-state index is -0.239. The molecule has 76 valence electrons. The van der Waals surface area contributed by atoms with Gasteiger partial charge in [0, 0.05) is 6.42 Å². The molecule has 0 fully saturated rings. The van der Waals surface area contributed by atoms with Gasteiger partial charge in [0.1, 0.15) is 5.01 Å². The number of aromatic nitrogens is 1. The number of rotatable bonds is 2. The summed E-state index contributed by atoms with van der Waals surface area (Å²) in [6.45, 7) is 1.36. The van der Waals surface area contributed by atoms with Gasteiger partial charge in [-0.25, -0.2) is 4.98 Å². The van der Waals surface area contributed by atoms with Crippen molar-refractivity contribution < 1.29 is 14.3 Å². The summed E-state index contributed by atoms with van der Waals surface area (Å²) in [7, 11) is 1.39. The lowest BCUT2D eigenvalue weighted by Gasteiger charge is -2.08. The lowest BCUT2D eigenvalue weighted by molar-refractivity contribution is -0.139. The van der Waals surface area contributed by atoms with Gasteiger partial charge < -0.3 is 9.47 Å². The first-order chi connectivity index (χ1) is 6.79. The lowest BCUT2D eigenvalue weighted by Crippen LogP contribution is -2.08. The minimum Gasteiger partial charge on any atom is -0.469 e. The van der Waals surface area contributed by atoms with E-state index in [0.717, 1.165) is 28.6 Å². The molecule has 1 aliphatic rings. The molecule has 1 aliphatic heterocycles. The van der Waals surface area contributed by atoms with E-state index in [4.69, 9.17) is 4.74 Å². The number of hydrogen-bond acceptors (Lipinski definition) is 5. The second kappa shape index (κ2) is 4.06. The quantitative estimate of drug-likeness (QED) is 0.686. The Morgan fingerprint density at radius 1 is 1.71 bits per heavy atom. The van der Waals surface area contributed by atoms with Crippen molar-refractivity contribution in [1.82, 2.24) is 4.98 Å². The van der Waals surface area contributed by atoms with Crippen LogP contribution >= 0.6 is 11.3 Å². The summed E-state index contributed by atoms with van der Waals surface area (Å²) in [6.07, 6.45) is 1.13. The lowest BCUT2D eigenvalue weighted by atomic mass is 10.2. The first-order valence-corrected chi connectivity index (χ1v) is 5.23. The molecule has 0 radical (unpaired) electrons. The monoisotopic (exact) mass is 213 g/mol. The molecule has 0 amide bonds. The third-order valence-corrected chi connectivity index (χ3v) is 3.13. The number of hydrogen-bond donors (Lipinski definition) is 0. The molecule has 2 rings (SSSR count). The Morgan fingerprint density at radius 2 is 2.57 bits per heavy atom. The number of methoxy groups -OCH3 is 1. The van der Waals surface area contributed by atoms with E-state index in [1.807, 2.05) is 0 Å². The molecule has 5 heteroatoms. The van der Waals surface area contributed by atoms with Crippen molar-refractivity contribution in [2.75, 3.05) is 13.7 Å². The van der Waals surface area contributed by atoms with Crippen LogP contribution < -0.4 is 0 Å². The van der Waals surface area contributed by atoms with Gasteiger partial charge in [0.15, 0.2) is 0 Å². The fourth-order valence-corrected chi connectivity index (χ4v) is 2.39. The topological polar surface area (TPSA) is 48.4 Å². The highest BCUT2D eigenvalue weighted by molar-refractivity contribution is 7.11. The van der Waals surface area contributed by atoms with Gasteiger partial charge in [0.2, 0.25) is 0 Å². The van der Waals surface area contributed by atoms with E-state index in [1.54, 1.807) is 11.3 Å².